The second-order valence-electron chi connectivity index (χ2n) is 7.03. The van der Waals surface area contributed by atoms with Gasteiger partial charge in [-0.1, -0.05) is 23.7 Å². The van der Waals surface area contributed by atoms with Crippen LogP contribution in [0.3, 0.4) is 0 Å². The van der Waals surface area contributed by atoms with Crippen LogP contribution in [0.1, 0.15) is 23.7 Å². The normalized spacial score (nSPS) is 17.0. The Morgan fingerprint density at radius 1 is 1.29 bits per heavy atom. The van der Waals surface area contributed by atoms with E-state index in [0.29, 0.717) is 42.5 Å². The number of hydrogen-bond acceptors (Lipinski definition) is 4. The third kappa shape index (κ3) is 3.31. The molecule has 28 heavy (non-hydrogen) atoms. The van der Waals surface area contributed by atoms with Crippen LogP contribution in [-0.4, -0.2) is 52.2 Å². The number of ether oxygens (including phenoxy) is 1. The average molecular weight is 401 g/mol. The number of rotatable bonds is 5. The van der Waals surface area contributed by atoms with Gasteiger partial charge in [0.25, 0.3) is 5.56 Å². The van der Waals surface area contributed by atoms with Crippen molar-refractivity contribution >= 4 is 23.2 Å². The molecule has 0 aliphatic carbocycles. The van der Waals surface area contributed by atoms with Crippen LogP contribution in [0.2, 0.25) is 5.02 Å². The molecule has 1 N–H and O–H groups in total. The van der Waals surface area contributed by atoms with Crippen molar-refractivity contribution in [2.45, 2.75) is 19.3 Å². The Morgan fingerprint density at radius 2 is 2.04 bits per heavy atom. The number of nitrogens with zero attached hydrogens (tertiary/aromatic N) is 3. The fourth-order valence-corrected chi connectivity index (χ4v) is 3.85. The lowest BCUT2D eigenvalue weighted by atomic mass is 10.0. The van der Waals surface area contributed by atoms with Crippen molar-refractivity contribution in [1.82, 2.24) is 19.5 Å². The maximum Gasteiger partial charge on any atom is 0.272 e. The van der Waals surface area contributed by atoms with Crippen molar-refractivity contribution in [2.24, 2.45) is 0 Å². The van der Waals surface area contributed by atoms with E-state index in [1.807, 2.05) is 31.2 Å². The summed E-state index contributed by atoms with van der Waals surface area (Å²) in [6.07, 6.45) is 0.353. The van der Waals surface area contributed by atoms with Gasteiger partial charge >= 0.3 is 0 Å². The van der Waals surface area contributed by atoms with Crippen molar-refractivity contribution in [1.29, 1.82) is 0 Å². The van der Waals surface area contributed by atoms with Gasteiger partial charge in [-0.05, 0) is 24.6 Å². The second-order valence-corrected chi connectivity index (χ2v) is 7.47. The van der Waals surface area contributed by atoms with Crippen LogP contribution in [-0.2, 0) is 9.53 Å². The summed E-state index contributed by atoms with van der Waals surface area (Å²) in [6, 6.07) is 8.95. The van der Waals surface area contributed by atoms with E-state index in [0.717, 1.165) is 16.8 Å². The molecule has 0 bridgehead atoms. The summed E-state index contributed by atoms with van der Waals surface area (Å²) in [4.78, 5) is 31.5. The molecule has 1 aliphatic rings. The smallest absolute Gasteiger partial charge is 0.272 e. The highest BCUT2D eigenvalue weighted by atomic mass is 35.5. The fourth-order valence-electron chi connectivity index (χ4n) is 3.73. The number of hydrogen-bond donors (Lipinski definition) is 1. The zero-order valence-corrected chi connectivity index (χ0v) is 16.5. The largest absolute Gasteiger partial charge is 0.383 e. The number of likely N-dealkylation sites (tertiary alicyclic amines) is 1. The standard InChI is InChI=1S/C20H21ClN4O3/c1-12-19(13-3-5-15(21)6-4-13)20-22-16(10-18(27)25(20)23-12)14-9-17(26)24(11-14)7-8-28-2/h3-6,10,14,23H,7-9,11H2,1-2H3/t14-/m0/s1. The number of aromatic nitrogens is 3. The number of fused-ring (bicyclic) bond motifs is 1. The third-order valence-electron chi connectivity index (χ3n) is 5.15. The number of carbonyl (C=O) groups is 1. The van der Waals surface area contributed by atoms with Crippen LogP contribution in [0.4, 0.5) is 0 Å². The number of halogens is 1. The molecule has 1 atom stereocenters. The van der Waals surface area contributed by atoms with E-state index in [2.05, 4.69) is 5.10 Å². The van der Waals surface area contributed by atoms with Gasteiger partial charge < -0.3 is 9.64 Å². The van der Waals surface area contributed by atoms with Crippen LogP contribution < -0.4 is 5.56 Å². The van der Waals surface area contributed by atoms with E-state index in [1.54, 1.807) is 12.0 Å². The lowest BCUT2D eigenvalue weighted by Crippen LogP contribution is -2.28. The number of methoxy groups -OCH3 is 1. The van der Waals surface area contributed by atoms with Gasteiger partial charge in [-0.3, -0.25) is 14.7 Å². The second kappa shape index (κ2) is 7.41. The Morgan fingerprint density at radius 3 is 2.75 bits per heavy atom. The van der Waals surface area contributed by atoms with Crippen molar-refractivity contribution in [3.8, 4) is 11.1 Å². The predicted octanol–water partition coefficient (Wildman–Crippen LogP) is 2.61. The molecule has 1 aliphatic heterocycles. The highest BCUT2D eigenvalue weighted by Crippen LogP contribution is 2.30. The molecule has 3 heterocycles. The maximum atomic E-state index is 12.7. The van der Waals surface area contributed by atoms with Gasteiger partial charge in [-0.25, -0.2) is 9.50 Å². The minimum absolute atomic E-state index is 0.0622. The van der Waals surface area contributed by atoms with E-state index < -0.39 is 0 Å². The molecule has 146 valence electrons. The molecule has 0 spiro atoms. The Bertz CT molecular complexity index is 1090. The molecule has 0 radical (unpaired) electrons. The number of amides is 1. The first-order chi connectivity index (χ1) is 13.5. The van der Waals surface area contributed by atoms with Gasteiger partial charge in [0.15, 0.2) is 5.65 Å². The first-order valence-corrected chi connectivity index (χ1v) is 9.50. The van der Waals surface area contributed by atoms with E-state index in [1.165, 1.54) is 10.6 Å². The van der Waals surface area contributed by atoms with Crippen molar-refractivity contribution in [3.63, 3.8) is 0 Å². The number of aryl methyl sites for hydroxylation is 1. The number of carbonyl (C=O) groups excluding carboxylic acids is 1. The quantitative estimate of drug-likeness (QED) is 0.714. The summed E-state index contributed by atoms with van der Waals surface area (Å²) in [6.45, 7) is 3.49. The molecule has 2 aromatic heterocycles. The van der Waals surface area contributed by atoms with Crippen LogP contribution in [0.5, 0.6) is 0 Å². The van der Waals surface area contributed by atoms with Crippen LogP contribution in [0.15, 0.2) is 35.1 Å². The third-order valence-corrected chi connectivity index (χ3v) is 5.40. The molecule has 8 heteroatoms. The van der Waals surface area contributed by atoms with Gasteiger partial charge in [0, 0.05) is 54.9 Å². The van der Waals surface area contributed by atoms with Crippen molar-refractivity contribution in [3.05, 3.63) is 57.1 Å². The first-order valence-electron chi connectivity index (χ1n) is 9.13. The fraction of sp³-hybridized carbons (Fsp3) is 0.350. The molecule has 1 aromatic carbocycles. The highest BCUT2D eigenvalue weighted by molar-refractivity contribution is 6.30. The summed E-state index contributed by atoms with van der Waals surface area (Å²) >= 11 is 6.01. The molecule has 0 unspecified atom stereocenters. The van der Waals surface area contributed by atoms with Crippen LogP contribution in [0.25, 0.3) is 16.8 Å². The van der Waals surface area contributed by atoms with Crippen molar-refractivity contribution in [2.75, 3.05) is 26.8 Å². The average Bonchev–Trinajstić information content (AvgIpc) is 3.20. The SMILES string of the molecule is COCCN1C[C@@H](c2cc(=O)n3[nH]c(C)c(-c4ccc(Cl)cc4)c3n2)CC1=O. The molecule has 1 amide bonds. The highest BCUT2D eigenvalue weighted by Gasteiger charge is 2.32. The van der Waals surface area contributed by atoms with E-state index in [9.17, 15) is 9.59 Å². The van der Waals surface area contributed by atoms with E-state index in [-0.39, 0.29) is 17.4 Å². The van der Waals surface area contributed by atoms with Gasteiger partial charge in [0.05, 0.1) is 12.3 Å². The van der Waals surface area contributed by atoms with E-state index in [4.69, 9.17) is 21.3 Å². The molecule has 1 saturated heterocycles. The van der Waals surface area contributed by atoms with Gasteiger partial charge in [-0.15, -0.1) is 0 Å². The maximum absolute atomic E-state index is 12.7. The Labute approximate surface area is 166 Å². The van der Waals surface area contributed by atoms with Gasteiger partial charge in [0.2, 0.25) is 5.91 Å². The van der Waals surface area contributed by atoms with Crippen molar-refractivity contribution < 1.29 is 9.53 Å². The minimum atomic E-state index is -0.189. The molecule has 1 fully saturated rings. The zero-order chi connectivity index (χ0) is 19.8. The van der Waals surface area contributed by atoms with Crippen LogP contribution >= 0.6 is 11.6 Å². The van der Waals surface area contributed by atoms with Gasteiger partial charge in [0.1, 0.15) is 0 Å². The minimum Gasteiger partial charge on any atom is -0.383 e. The zero-order valence-electron chi connectivity index (χ0n) is 15.7. The number of H-pyrrole nitrogens is 1. The summed E-state index contributed by atoms with van der Waals surface area (Å²) < 4.78 is 6.52. The summed E-state index contributed by atoms with van der Waals surface area (Å²) in [5.74, 6) is -0.0393. The number of aromatic amines is 1. The summed E-state index contributed by atoms with van der Waals surface area (Å²) in [7, 11) is 1.61. The van der Waals surface area contributed by atoms with Crippen LogP contribution in [0, 0.1) is 6.92 Å². The predicted molar refractivity (Wildman–Crippen MR) is 107 cm³/mol. The lowest BCUT2D eigenvalue weighted by Gasteiger charge is -2.15. The molecule has 4 rings (SSSR count). The lowest BCUT2D eigenvalue weighted by molar-refractivity contribution is -0.128. The summed E-state index contributed by atoms with van der Waals surface area (Å²) in [5, 5.41) is 3.73. The number of benzene rings is 1. The Hall–Kier alpha value is -2.64. The molecule has 3 aromatic rings. The number of nitrogens with one attached hydrogen (secondary N) is 1. The molecule has 7 nitrogen and oxygen atoms in total. The first kappa shape index (κ1) is 18.7. The Balaban J connectivity index is 1.76. The monoisotopic (exact) mass is 400 g/mol. The van der Waals surface area contributed by atoms with Gasteiger partial charge in [-0.2, -0.15) is 0 Å². The molecular formula is C20H21ClN4O3. The molecular weight excluding hydrogens is 380 g/mol. The molecule has 0 saturated carbocycles. The topological polar surface area (TPSA) is 79.7 Å². The summed E-state index contributed by atoms with van der Waals surface area (Å²) in [5.41, 5.74) is 3.64. The van der Waals surface area contributed by atoms with E-state index >= 15 is 0 Å². The Kier molecular flexibility index (Phi) is 4.95.